The van der Waals surface area contributed by atoms with Gasteiger partial charge < -0.3 is 11.1 Å². The van der Waals surface area contributed by atoms with Crippen LogP contribution in [0.2, 0.25) is 5.02 Å². The van der Waals surface area contributed by atoms with Gasteiger partial charge in [0.05, 0.1) is 12.1 Å². The van der Waals surface area contributed by atoms with Gasteiger partial charge >= 0.3 is 0 Å². The molecule has 0 aliphatic heterocycles. The van der Waals surface area contributed by atoms with Crippen molar-refractivity contribution in [1.29, 1.82) is 0 Å². The van der Waals surface area contributed by atoms with Crippen molar-refractivity contribution in [3.8, 4) is 0 Å². The van der Waals surface area contributed by atoms with E-state index in [9.17, 15) is 4.79 Å². The molecule has 102 valence electrons. The lowest BCUT2D eigenvalue weighted by Crippen LogP contribution is -2.44. The first kappa shape index (κ1) is 17.2. The van der Waals surface area contributed by atoms with Crippen molar-refractivity contribution in [3.05, 3.63) is 34.9 Å². The molecule has 2 atom stereocenters. The van der Waals surface area contributed by atoms with E-state index in [0.717, 1.165) is 5.56 Å². The summed E-state index contributed by atoms with van der Waals surface area (Å²) in [6, 6.07) is 6.87. The molecule has 0 bridgehead atoms. The third kappa shape index (κ3) is 4.84. The lowest BCUT2D eigenvalue weighted by molar-refractivity contribution is -0.123. The average Bonchev–Trinajstić information content (AvgIpc) is 2.27. The maximum atomic E-state index is 11.8. The Bertz CT molecular complexity index is 396. The largest absolute Gasteiger partial charge is 0.348 e. The topological polar surface area (TPSA) is 55.1 Å². The highest BCUT2D eigenvalue weighted by molar-refractivity contribution is 6.30. The number of hydrogen-bond acceptors (Lipinski definition) is 2. The van der Waals surface area contributed by atoms with Gasteiger partial charge in [0.1, 0.15) is 0 Å². The maximum Gasteiger partial charge on any atom is 0.237 e. The van der Waals surface area contributed by atoms with Crippen molar-refractivity contribution in [1.82, 2.24) is 5.32 Å². The van der Waals surface area contributed by atoms with E-state index in [1.807, 2.05) is 39.0 Å². The van der Waals surface area contributed by atoms with Gasteiger partial charge in [0.25, 0.3) is 0 Å². The molecule has 0 fully saturated rings. The molecule has 5 heteroatoms. The fraction of sp³-hybridized carbons (Fsp3) is 0.462. The minimum absolute atomic E-state index is 0. The molecule has 0 spiro atoms. The van der Waals surface area contributed by atoms with Crippen molar-refractivity contribution in [3.63, 3.8) is 0 Å². The number of benzene rings is 1. The zero-order chi connectivity index (χ0) is 13.0. The van der Waals surface area contributed by atoms with Crippen LogP contribution in [0.25, 0.3) is 0 Å². The van der Waals surface area contributed by atoms with E-state index in [0.29, 0.717) is 5.02 Å². The monoisotopic (exact) mass is 290 g/mol. The molecule has 1 amide bonds. The normalized spacial score (nSPS) is 13.7. The molecule has 0 heterocycles. The summed E-state index contributed by atoms with van der Waals surface area (Å²) in [4.78, 5) is 11.8. The Hall–Kier alpha value is -0.770. The zero-order valence-corrected chi connectivity index (χ0v) is 12.4. The van der Waals surface area contributed by atoms with Crippen LogP contribution >= 0.6 is 24.0 Å². The highest BCUT2D eigenvalue weighted by Gasteiger charge is 2.19. The van der Waals surface area contributed by atoms with Crippen LogP contribution < -0.4 is 11.1 Å². The van der Waals surface area contributed by atoms with E-state index < -0.39 is 6.04 Å². The number of amides is 1. The van der Waals surface area contributed by atoms with Gasteiger partial charge in [-0.25, -0.2) is 0 Å². The molecule has 1 aromatic rings. The summed E-state index contributed by atoms with van der Waals surface area (Å²) in [5, 5.41) is 3.55. The van der Waals surface area contributed by atoms with Crippen molar-refractivity contribution in [2.24, 2.45) is 11.7 Å². The Balaban J connectivity index is 0.00000289. The summed E-state index contributed by atoms with van der Waals surface area (Å²) < 4.78 is 0. The van der Waals surface area contributed by atoms with Gasteiger partial charge in [0.2, 0.25) is 5.91 Å². The highest BCUT2D eigenvalue weighted by Crippen LogP contribution is 2.17. The van der Waals surface area contributed by atoms with Gasteiger partial charge in [-0.3, -0.25) is 4.79 Å². The average molecular weight is 291 g/mol. The van der Waals surface area contributed by atoms with Gasteiger partial charge in [-0.2, -0.15) is 0 Å². The van der Waals surface area contributed by atoms with Gasteiger partial charge in [-0.05, 0) is 30.5 Å². The first-order valence-electron chi connectivity index (χ1n) is 5.73. The van der Waals surface area contributed by atoms with Crippen LogP contribution in [-0.4, -0.2) is 11.9 Å². The van der Waals surface area contributed by atoms with Crippen LogP contribution in [0.4, 0.5) is 0 Å². The lowest BCUT2D eigenvalue weighted by atomic mass is 10.0. The third-order valence-electron chi connectivity index (χ3n) is 2.73. The summed E-state index contributed by atoms with van der Waals surface area (Å²) >= 11 is 5.90. The van der Waals surface area contributed by atoms with E-state index in [1.54, 1.807) is 6.07 Å². The molecular weight excluding hydrogens is 271 g/mol. The molecule has 0 radical (unpaired) electrons. The van der Waals surface area contributed by atoms with Crippen LogP contribution in [0.15, 0.2) is 24.3 Å². The van der Waals surface area contributed by atoms with Crippen LogP contribution in [0.3, 0.4) is 0 Å². The molecular formula is C13H20Cl2N2O. The Kier molecular flexibility index (Phi) is 7.29. The van der Waals surface area contributed by atoms with Crippen LogP contribution in [0.5, 0.6) is 0 Å². The van der Waals surface area contributed by atoms with Crippen LogP contribution in [0.1, 0.15) is 32.4 Å². The molecule has 3 N–H and O–H groups in total. The van der Waals surface area contributed by atoms with Gasteiger partial charge in [-0.15, -0.1) is 12.4 Å². The van der Waals surface area contributed by atoms with Crippen LogP contribution in [0, 0.1) is 5.92 Å². The van der Waals surface area contributed by atoms with Crippen molar-refractivity contribution in [2.45, 2.75) is 32.9 Å². The summed E-state index contributed by atoms with van der Waals surface area (Å²) in [6.45, 7) is 5.76. The molecule has 0 aromatic heterocycles. The lowest BCUT2D eigenvalue weighted by Gasteiger charge is -2.20. The smallest absolute Gasteiger partial charge is 0.237 e. The first-order valence-corrected chi connectivity index (χ1v) is 6.11. The maximum absolute atomic E-state index is 11.8. The Morgan fingerprint density at radius 2 is 1.94 bits per heavy atom. The molecule has 1 rings (SSSR count). The minimum Gasteiger partial charge on any atom is -0.348 e. The van der Waals surface area contributed by atoms with Gasteiger partial charge in [0.15, 0.2) is 0 Å². The van der Waals surface area contributed by atoms with Crippen LogP contribution in [-0.2, 0) is 4.79 Å². The number of rotatable bonds is 4. The van der Waals surface area contributed by atoms with E-state index >= 15 is 0 Å². The number of carbonyl (C=O) groups is 1. The number of nitrogens with two attached hydrogens (primary N) is 1. The second-order valence-electron chi connectivity index (χ2n) is 4.56. The van der Waals surface area contributed by atoms with E-state index in [4.69, 9.17) is 17.3 Å². The molecule has 0 unspecified atom stereocenters. The van der Waals surface area contributed by atoms with E-state index in [1.165, 1.54) is 0 Å². The molecule has 0 aliphatic rings. The SMILES string of the molecule is CC(C)[C@@H](N)C(=O)N[C@H](C)c1cccc(Cl)c1.Cl. The summed E-state index contributed by atoms with van der Waals surface area (Å²) in [5.74, 6) is -0.00552. The summed E-state index contributed by atoms with van der Waals surface area (Å²) in [5.41, 5.74) is 6.75. The Morgan fingerprint density at radius 1 is 1.33 bits per heavy atom. The molecule has 0 aliphatic carbocycles. The summed E-state index contributed by atoms with van der Waals surface area (Å²) in [6.07, 6.45) is 0. The second kappa shape index (κ2) is 7.62. The fourth-order valence-corrected chi connectivity index (χ4v) is 1.67. The molecule has 0 saturated carbocycles. The number of carbonyl (C=O) groups excluding carboxylic acids is 1. The number of hydrogen-bond donors (Lipinski definition) is 2. The van der Waals surface area contributed by atoms with E-state index in [2.05, 4.69) is 5.32 Å². The van der Waals surface area contributed by atoms with E-state index in [-0.39, 0.29) is 30.3 Å². The van der Waals surface area contributed by atoms with Crippen molar-refractivity contribution in [2.75, 3.05) is 0 Å². The Morgan fingerprint density at radius 3 is 2.44 bits per heavy atom. The summed E-state index contributed by atoms with van der Waals surface area (Å²) in [7, 11) is 0. The number of halogens is 2. The third-order valence-corrected chi connectivity index (χ3v) is 2.96. The fourth-order valence-electron chi connectivity index (χ4n) is 1.47. The predicted octanol–water partition coefficient (Wildman–Crippen LogP) is 2.92. The molecule has 0 saturated heterocycles. The Labute approximate surface area is 119 Å². The van der Waals surface area contributed by atoms with Crippen molar-refractivity contribution < 1.29 is 4.79 Å². The zero-order valence-electron chi connectivity index (χ0n) is 10.8. The number of nitrogens with one attached hydrogen (secondary N) is 1. The highest BCUT2D eigenvalue weighted by atomic mass is 35.5. The standard InChI is InChI=1S/C13H19ClN2O.ClH/c1-8(2)12(15)13(17)16-9(3)10-5-4-6-11(14)7-10;/h4-9,12H,15H2,1-3H3,(H,16,17);1H/t9-,12-;/m1./s1. The van der Waals surface area contributed by atoms with Gasteiger partial charge in [0, 0.05) is 5.02 Å². The second-order valence-corrected chi connectivity index (χ2v) is 4.99. The molecule has 18 heavy (non-hydrogen) atoms. The molecule has 3 nitrogen and oxygen atoms in total. The molecule has 1 aromatic carbocycles. The van der Waals surface area contributed by atoms with Crippen molar-refractivity contribution >= 4 is 29.9 Å². The first-order chi connectivity index (χ1) is 7.91. The minimum atomic E-state index is -0.475. The predicted molar refractivity (Wildman–Crippen MR) is 78.1 cm³/mol. The van der Waals surface area contributed by atoms with Gasteiger partial charge in [-0.1, -0.05) is 37.6 Å². The quantitative estimate of drug-likeness (QED) is 0.896.